The van der Waals surface area contributed by atoms with Gasteiger partial charge in [-0.25, -0.2) is 9.79 Å². The Morgan fingerprint density at radius 1 is 1.07 bits per heavy atom. The number of nitrogens with one attached hydrogen (secondary N) is 2. The van der Waals surface area contributed by atoms with Gasteiger partial charge in [0.05, 0.1) is 17.3 Å². The second-order valence-electron chi connectivity index (χ2n) is 10.2. The Morgan fingerprint density at radius 2 is 1.71 bits per heavy atom. The molecule has 1 saturated carbocycles. The van der Waals surface area contributed by atoms with Gasteiger partial charge < -0.3 is 31.5 Å². The van der Waals surface area contributed by atoms with Crippen molar-refractivity contribution in [1.82, 2.24) is 20.4 Å². The third-order valence-corrected chi connectivity index (χ3v) is 7.37. The van der Waals surface area contributed by atoms with E-state index in [1.165, 1.54) is 44.9 Å². The van der Waals surface area contributed by atoms with Crippen LogP contribution in [0.2, 0.25) is 5.02 Å². The van der Waals surface area contributed by atoms with Gasteiger partial charge in [-0.2, -0.15) is 5.10 Å². The lowest BCUT2D eigenvalue weighted by atomic mass is 9.93. The molecule has 1 aromatic carbocycles. The molecule has 0 radical (unpaired) electrons. The van der Waals surface area contributed by atoms with Crippen LogP contribution in [0.1, 0.15) is 69.4 Å². The van der Waals surface area contributed by atoms with E-state index in [-0.39, 0.29) is 30.9 Å². The average molecular weight is 590 g/mol. The van der Waals surface area contributed by atoms with E-state index in [4.69, 9.17) is 32.9 Å². The minimum atomic E-state index is -1.07. The predicted octanol–water partition coefficient (Wildman–Crippen LogP) is 3.02. The summed E-state index contributed by atoms with van der Waals surface area (Å²) in [5.41, 5.74) is 12.6. The number of carboxylic acids is 1. The summed E-state index contributed by atoms with van der Waals surface area (Å²) in [4.78, 5) is 40.0. The predicted molar refractivity (Wildman–Crippen MR) is 157 cm³/mol. The number of carboxylic acid groups (broad SMARTS) is 1. The Labute approximate surface area is 244 Å². The van der Waals surface area contributed by atoms with Gasteiger partial charge in [0.25, 0.3) is 0 Å². The fourth-order valence-electron chi connectivity index (χ4n) is 4.80. The molecule has 0 atom stereocenters. The zero-order chi connectivity index (χ0) is 29.6. The standard InChI is InChI=1S/C21H26ClN7O5.C7H14/c22-15-7-13(34-11-20(32)33)1-2-14(15)17-8-16(27-28-17)12-3-5-29(6-4-12)19(31)10-25-18(30)9-26-21(23)24;1-2-4-6-7-5-3-1/h1-2,7-8,12H,3-6,9-11H2,(H,25,30)(H,27,28)(H,32,33)(H4,23,24,26);1-7H2. The van der Waals surface area contributed by atoms with Crippen LogP contribution in [0.25, 0.3) is 11.3 Å². The third-order valence-electron chi connectivity index (χ3n) is 7.06. The van der Waals surface area contributed by atoms with Gasteiger partial charge in [0, 0.05) is 30.3 Å². The van der Waals surface area contributed by atoms with Crippen LogP contribution in [-0.2, 0) is 14.4 Å². The fourth-order valence-corrected chi connectivity index (χ4v) is 5.07. The zero-order valence-corrected chi connectivity index (χ0v) is 24.0. The van der Waals surface area contributed by atoms with Crippen molar-refractivity contribution in [2.24, 2.45) is 16.5 Å². The van der Waals surface area contributed by atoms with Gasteiger partial charge in [-0.3, -0.25) is 14.7 Å². The largest absolute Gasteiger partial charge is 0.482 e. The van der Waals surface area contributed by atoms with E-state index in [2.05, 4.69) is 20.5 Å². The molecule has 1 aliphatic heterocycles. The van der Waals surface area contributed by atoms with Crippen LogP contribution >= 0.6 is 11.6 Å². The Hall–Kier alpha value is -3.80. The van der Waals surface area contributed by atoms with E-state index in [0.29, 0.717) is 35.1 Å². The number of carbonyl (C=O) groups excluding carboxylic acids is 2. The summed E-state index contributed by atoms with van der Waals surface area (Å²) in [6, 6.07) is 6.83. The number of H-pyrrole nitrogens is 1. The van der Waals surface area contributed by atoms with Crippen molar-refractivity contribution >= 4 is 35.3 Å². The number of rotatable bonds is 9. The van der Waals surface area contributed by atoms with Gasteiger partial charge in [0.1, 0.15) is 12.3 Å². The monoisotopic (exact) mass is 589 g/mol. The first-order valence-electron chi connectivity index (χ1n) is 14.0. The number of piperidine rings is 1. The molecule has 13 heteroatoms. The summed E-state index contributed by atoms with van der Waals surface area (Å²) in [6.07, 6.45) is 12.0. The van der Waals surface area contributed by atoms with Gasteiger partial charge in [-0.05, 0) is 37.1 Å². The minimum Gasteiger partial charge on any atom is -0.482 e. The van der Waals surface area contributed by atoms with E-state index in [1.54, 1.807) is 23.1 Å². The molecule has 2 heterocycles. The molecule has 0 bridgehead atoms. The maximum Gasteiger partial charge on any atom is 0.341 e. The van der Waals surface area contributed by atoms with Crippen LogP contribution in [0.15, 0.2) is 29.3 Å². The molecular weight excluding hydrogens is 550 g/mol. The lowest BCUT2D eigenvalue weighted by Gasteiger charge is -2.31. The number of aliphatic carboxylic acids is 1. The number of benzene rings is 1. The summed E-state index contributed by atoms with van der Waals surface area (Å²) in [7, 11) is 0. The molecule has 1 aromatic heterocycles. The van der Waals surface area contributed by atoms with Crippen LogP contribution in [0.5, 0.6) is 5.75 Å². The van der Waals surface area contributed by atoms with Crippen molar-refractivity contribution in [3.8, 4) is 17.0 Å². The maximum absolute atomic E-state index is 12.4. The van der Waals surface area contributed by atoms with E-state index < -0.39 is 18.5 Å². The Kier molecular flexibility index (Phi) is 12.7. The number of nitrogens with two attached hydrogens (primary N) is 2. The minimum absolute atomic E-state index is 0.109. The van der Waals surface area contributed by atoms with E-state index in [0.717, 1.165) is 18.5 Å². The van der Waals surface area contributed by atoms with E-state index >= 15 is 0 Å². The van der Waals surface area contributed by atoms with Gasteiger partial charge >= 0.3 is 5.97 Å². The van der Waals surface area contributed by atoms with Crippen LogP contribution < -0.4 is 21.5 Å². The molecule has 1 saturated heterocycles. The number of nitrogens with zero attached hydrogens (tertiary/aromatic N) is 3. The number of carbonyl (C=O) groups is 3. The molecule has 1 aliphatic carbocycles. The summed E-state index contributed by atoms with van der Waals surface area (Å²) in [5.74, 6) is -1.30. The Morgan fingerprint density at radius 3 is 2.27 bits per heavy atom. The smallest absolute Gasteiger partial charge is 0.341 e. The van der Waals surface area contributed by atoms with Crippen molar-refractivity contribution < 1.29 is 24.2 Å². The summed E-state index contributed by atoms with van der Waals surface area (Å²) >= 11 is 6.34. The van der Waals surface area contributed by atoms with E-state index in [9.17, 15) is 14.4 Å². The number of amides is 2. The van der Waals surface area contributed by atoms with Crippen LogP contribution in [0.3, 0.4) is 0 Å². The second kappa shape index (κ2) is 16.5. The topological polar surface area (TPSA) is 189 Å². The van der Waals surface area contributed by atoms with Crippen molar-refractivity contribution in [2.45, 2.75) is 63.7 Å². The van der Waals surface area contributed by atoms with Gasteiger partial charge in [0.15, 0.2) is 12.6 Å². The van der Waals surface area contributed by atoms with Gasteiger partial charge in [-0.15, -0.1) is 0 Å². The number of hydrogen-bond donors (Lipinski definition) is 5. The summed E-state index contributed by atoms with van der Waals surface area (Å²) in [5, 5.41) is 19.0. The van der Waals surface area contributed by atoms with Gasteiger partial charge in [-0.1, -0.05) is 56.5 Å². The molecule has 224 valence electrons. The van der Waals surface area contributed by atoms with Crippen LogP contribution in [0.4, 0.5) is 0 Å². The first-order chi connectivity index (χ1) is 19.7. The molecular formula is C28H40ClN7O5. The second-order valence-corrected chi connectivity index (χ2v) is 10.6. The summed E-state index contributed by atoms with van der Waals surface area (Å²) < 4.78 is 5.14. The molecule has 2 aromatic rings. The summed E-state index contributed by atoms with van der Waals surface area (Å²) in [6.45, 7) is 0.327. The SMILES string of the molecule is C1CCCCCC1.NC(N)=NCC(=O)NCC(=O)N1CCC(c2cc(-c3ccc(OCC(=O)O)cc3Cl)n[nH]2)CC1. The first-order valence-corrected chi connectivity index (χ1v) is 14.4. The fraction of sp³-hybridized carbons (Fsp3) is 0.536. The van der Waals surface area contributed by atoms with E-state index in [1.807, 2.05) is 6.07 Å². The van der Waals surface area contributed by atoms with Crippen molar-refractivity contribution in [1.29, 1.82) is 0 Å². The number of hydrogen-bond acceptors (Lipinski definition) is 6. The highest BCUT2D eigenvalue weighted by atomic mass is 35.5. The number of aliphatic imine (C=N–C) groups is 1. The van der Waals surface area contributed by atoms with Gasteiger partial charge in [0.2, 0.25) is 11.8 Å². The highest BCUT2D eigenvalue weighted by molar-refractivity contribution is 6.33. The quantitative estimate of drug-likeness (QED) is 0.167. The number of likely N-dealkylation sites (tertiary alicyclic amines) is 1. The normalized spacial score (nSPS) is 15.6. The van der Waals surface area contributed by atoms with Crippen LogP contribution in [0, 0.1) is 0 Å². The zero-order valence-electron chi connectivity index (χ0n) is 23.2. The number of ether oxygens (including phenoxy) is 1. The molecule has 2 aliphatic rings. The first kappa shape index (κ1) is 31.7. The number of aromatic amines is 1. The molecule has 0 spiro atoms. The molecule has 41 heavy (non-hydrogen) atoms. The Balaban J connectivity index is 0.000000575. The molecule has 0 unspecified atom stereocenters. The van der Waals surface area contributed by atoms with Crippen molar-refractivity contribution in [3.63, 3.8) is 0 Å². The lowest BCUT2D eigenvalue weighted by molar-refractivity contribution is -0.139. The Bertz CT molecular complexity index is 1170. The highest BCUT2D eigenvalue weighted by Gasteiger charge is 2.25. The third kappa shape index (κ3) is 10.9. The number of aromatic nitrogens is 2. The van der Waals surface area contributed by atoms with Crippen LogP contribution in [-0.4, -0.2) is 76.7 Å². The molecule has 12 nitrogen and oxygen atoms in total. The van der Waals surface area contributed by atoms with Crippen molar-refractivity contribution in [3.05, 3.63) is 35.0 Å². The van der Waals surface area contributed by atoms with Crippen molar-refractivity contribution in [2.75, 3.05) is 32.8 Å². The highest BCUT2D eigenvalue weighted by Crippen LogP contribution is 2.33. The maximum atomic E-state index is 12.4. The molecule has 4 rings (SSSR count). The molecule has 2 fully saturated rings. The average Bonchev–Trinajstić information content (AvgIpc) is 3.25. The molecule has 2 amide bonds. The lowest BCUT2D eigenvalue weighted by Crippen LogP contribution is -2.44. The number of guanidine groups is 1. The number of halogens is 1. The molecule has 7 N–H and O–H groups in total.